The molecule has 0 aliphatic carbocycles. The van der Waals surface area contributed by atoms with Crippen LogP contribution < -0.4 is 25.4 Å². The highest BCUT2D eigenvalue weighted by atomic mass is 19.1. The van der Waals surface area contributed by atoms with Crippen LogP contribution >= 0.6 is 0 Å². The molecule has 0 saturated heterocycles. The highest BCUT2D eigenvalue weighted by molar-refractivity contribution is 6.07. The number of halogens is 1. The second-order valence-electron chi connectivity index (χ2n) is 8.06. The Hall–Kier alpha value is -4.40. The number of carbonyl (C=O) groups is 3. The summed E-state index contributed by atoms with van der Waals surface area (Å²) in [6.07, 6.45) is -0.0853. The second-order valence-corrected chi connectivity index (χ2v) is 8.06. The van der Waals surface area contributed by atoms with E-state index in [2.05, 4.69) is 16.0 Å². The lowest BCUT2D eigenvalue weighted by molar-refractivity contribution is -0.123. The minimum Gasteiger partial charge on any atom is -0.492 e. The van der Waals surface area contributed by atoms with Crippen LogP contribution in [0.15, 0.2) is 60.7 Å². The molecule has 4 rings (SSSR count). The highest BCUT2D eigenvalue weighted by Crippen LogP contribution is 2.39. The maximum Gasteiger partial charge on any atom is 0.255 e. The maximum absolute atomic E-state index is 13.7. The lowest BCUT2D eigenvalue weighted by Gasteiger charge is -2.25. The number of anilines is 3. The van der Waals surface area contributed by atoms with Gasteiger partial charge < -0.3 is 25.4 Å². The molecule has 8 nitrogen and oxygen atoms in total. The largest absolute Gasteiger partial charge is 0.492 e. The summed E-state index contributed by atoms with van der Waals surface area (Å²) in [6, 6.07) is 15.8. The summed E-state index contributed by atoms with van der Waals surface area (Å²) in [5.74, 6) is -1.84. The third-order valence-corrected chi connectivity index (χ3v) is 5.59. The molecule has 0 bridgehead atoms. The first kappa shape index (κ1) is 24.7. The molecule has 3 aromatic carbocycles. The van der Waals surface area contributed by atoms with Crippen molar-refractivity contribution in [3.8, 4) is 11.5 Å². The Morgan fingerprint density at radius 3 is 2.22 bits per heavy atom. The quantitative estimate of drug-likeness (QED) is 0.414. The zero-order chi connectivity index (χ0) is 25.7. The molecule has 3 aromatic rings. The third kappa shape index (κ3) is 5.46. The molecule has 1 heterocycles. The van der Waals surface area contributed by atoms with Gasteiger partial charge in [0.25, 0.3) is 5.91 Å². The van der Waals surface area contributed by atoms with E-state index in [1.54, 1.807) is 50.2 Å². The van der Waals surface area contributed by atoms with Crippen molar-refractivity contribution in [3.63, 3.8) is 0 Å². The Labute approximate surface area is 207 Å². The summed E-state index contributed by atoms with van der Waals surface area (Å²) in [7, 11) is 0. The van der Waals surface area contributed by atoms with Crippen molar-refractivity contribution in [3.05, 3.63) is 77.6 Å². The van der Waals surface area contributed by atoms with Crippen molar-refractivity contribution in [2.75, 3.05) is 29.2 Å². The zero-order valence-electron chi connectivity index (χ0n) is 19.9. The van der Waals surface area contributed by atoms with Crippen LogP contribution in [0.2, 0.25) is 0 Å². The molecule has 186 valence electrons. The van der Waals surface area contributed by atoms with Crippen LogP contribution in [-0.2, 0) is 9.59 Å². The van der Waals surface area contributed by atoms with Crippen molar-refractivity contribution in [1.82, 2.24) is 0 Å². The number of ether oxygens (including phenoxy) is 2. The Bertz CT molecular complexity index is 1300. The van der Waals surface area contributed by atoms with Crippen LogP contribution in [-0.4, -0.2) is 30.9 Å². The van der Waals surface area contributed by atoms with Crippen LogP contribution in [0.1, 0.15) is 42.1 Å². The molecular formula is C27H26FN3O5. The lowest BCUT2D eigenvalue weighted by atomic mass is 9.89. The molecule has 3 N–H and O–H groups in total. The molecule has 1 aliphatic rings. The summed E-state index contributed by atoms with van der Waals surface area (Å²) in [4.78, 5) is 38.2. The number of hydrogen-bond acceptors (Lipinski definition) is 5. The summed E-state index contributed by atoms with van der Waals surface area (Å²) >= 11 is 0. The van der Waals surface area contributed by atoms with Gasteiger partial charge in [-0.15, -0.1) is 0 Å². The van der Waals surface area contributed by atoms with Gasteiger partial charge in [-0.2, -0.15) is 0 Å². The van der Waals surface area contributed by atoms with Crippen LogP contribution in [0.4, 0.5) is 21.5 Å². The number of hydrogen-bond donors (Lipinski definition) is 3. The summed E-state index contributed by atoms with van der Waals surface area (Å²) in [5, 5.41) is 8.26. The Morgan fingerprint density at radius 2 is 1.58 bits per heavy atom. The summed E-state index contributed by atoms with van der Waals surface area (Å²) in [6.45, 7) is 4.21. The second kappa shape index (κ2) is 10.9. The molecule has 3 amide bonds. The zero-order valence-corrected chi connectivity index (χ0v) is 19.9. The number of amides is 3. The van der Waals surface area contributed by atoms with Crippen LogP contribution in [0.5, 0.6) is 11.5 Å². The molecule has 0 fully saturated rings. The van der Waals surface area contributed by atoms with E-state index < -0.39 is 17.6 Å². The molecule has 0 aromatic heterocycles. The fraction of sp³-hybridized carbons (Fsp3) is 0.222. The molecule has 1 aliphatic heterocycles. The number of rotatable bonds is 8. The SMILES string of the molecule is CCOc1cc(NC(=O)C2CC(=O)Nc3cc(F)ccc32)c(OCC)cc1NC(=O)c1ccccc1. The monoisotopic (exact) mass is 491 g/mol. The van der Waals surface area contributed by atoms with Gasteiger partial charge >= 0.3 is 0 Å². The minimum absolute atomic E-state index is 0.0853. The van der Waals surface area contributed by atoms with Gasteiger partial charge in [0.2, 0.25) is 11.8 Å². The predicted octanol–water partition coefficient (Wildman–Crippen LogP) is 4.94. The van der Waals surface area contributed by atoms with Gasteiger partial charge in [-0.1, -0.05) is 24.3 Å². The van der Waals surface area contributed by atoms with Crippen molar-refractivity contribution >= 4 is 34.8 Å². The van der Waals surface area contributed by atoms with Gasteiger partial charge in [-0.25, -0.2) is 4.39 Å². The molecule has 0 saturated carbocycles. The number of carbonyl (C=O) groups excluding carboxylic acids is 3. The third-order valence-electron chi connectivity index (χ3n) is 5.59. The first-order valence-electron chi connectivity index (χ1n) is 11.6. The normalized spacial score (nSPS) is 14.3. The molecule has 9 heteroatoms. The molecule has 0 radical (unpaired) electrons. The first-order valence-corrected chi connectivity index (χ1v) is 11.6. The Balaban J connectivity index is 1.65. The van der Waals surface area contributed by atoms with E-state index in [1.807, 2.05) is 6.07 Å². The average Bonchev–Trinajstić information content (AvgIpc) is 2.86. The van der Waals surface area contributed by atoms with Gasteiger partial charge in [0.05, 0.1) is 30.5 Å². The van der Waals surface area contributed by atoms with E-state index >= 15 is 0 Å². The van der Waals surface area contributed by atoms with E-state index in [1.165, 1.54) is 18.2 Å². The van der Waals surface area contributed by atoms with Gasteiger partial charge in [0.15, 0.2) is 0 Å². The van der Waals surface area contributed by atoms with E-state index in [9.17, 15) is 18.8 Å². The fourth-order valence-corrected chi connectivity index (χ4v) is 3.98. The minimum atomic E-state index is -0.822. The van der Waals surface area contributed by atoms with Crippen molar-refractivity contribution in [1.29, 1.82) is 0 Å². The molecule has 36 heavy (non-hydrogen) atoms. The van der Waals surface area contributed by atoms with Crippen LogP contribution in [0, 0.1) is 5.82 Å². The fourth-order valence-electron chi connectivity index (χ4n) is 3.98. The summed E-state index contributed by atoms with van der Waals surface area (Å²) in [5.41, 5.74) is 1.96. The van der Waals surface area contributed by atoms with E-state index in [4.69, 9.17) is 9.47 Å². The van der Waals surface area contributed by atoms with Crippen molar-refractivity contribution in [2.24, 2.45) is 0 Å². The van der Waals surface area contributed by atoms with Crippen LogP contribution in [0.3, 0.4) is 0 Å². The molecular weight excluding hydrogens is 465 g/mol. The lowest BCUT2D eigenvalue weighted by Crippen LogP contribution is -2.31. The van der Waals surface area contributed by atoms with E-state index in [0.717, 1.165) is 0 Å². The predicted molar refractivity (Wildman–Crippen MR) is 134 cm³/mol. The summed E-state index contributed by atoms with van der Waals surface area (Å²) < 4.78 is 25.2. The van der Waals surface area contributed by atoms with Crippen molar-refractivity contribution in [2.45, 2.75) is 26.2 Å². The molecule has 1 atom stereocenters. The van der Waals surface area contributed by atoms with Crippen molar-refractivity contribution < 1.29 is 28.2 Å². The average molecular weight is 492 g/mol. The van der Waals surface area contributed by atoms with Gasteiger partial charge in [-0.3, -0.25) is 14.4 Å². The highest BCUT2D eigenvalue weighted by Gasteiger charge is 2.31. The van der Waals surface area contributed by atoms with E-state index in [-0.39, 0.29) is 23.9 Å². The first-order chi connectivity index (χ1) is 17.4. The van der Waals surface area contributed by atoms with E-state index in [0.29, 0.717) is 47.2 Å². The Morgan fingerprint density at radius 1 is 0.944 bits per heavy atom. The topological polar surface area (TPSA) is 106 Å². The number of benzene rings is 3. The standard InChI is InChI=1S/C27H26FN3O5/c1-3-35-23-15-22(24(36-4-2)14-21(23)30-26(33)16-8-6-5-7-9-16)31-27(34)19-13-25(32)29-20-12-17(28)10-11-18(19)20/h5-12,14-15,19H,3-4,13H2,1-2H3,(H,29,32)(H,30,33)(H,31,34). The number of nitrogens with one attached hydrogen (secondary N) is 3. The number of fused-ring (bicyclic) bond motifs is 1. The van der Waals surface area contributed by atoms with Gasteiger partial charge in [0.1, 0.15) is 17.3 Å². The smallest absolute Gasteiger partial charge is 0.255 e. The molecule has 0 spiro atoms. The molecule has 1 unspecified atom stereocenters. The maximum atomic E-state index is 13.7. The van der Waals surface area contributed by atoms with Gasteiger partial charge in [0, 0.05) is 29.8 Å². The van der Waals surface area contributed by atoms with Gasteiger partial charge in [-0.05, 0) is 43.7 Å². The van der Waals surface area contributed by atoms with Crippen LogP contribution in [0.25, 0.3) is 0 Å². The Kier molecular flexibility index (Phi) is 7.48.